The molecule has 0 aliphatic rings. The van der Waals surface area contributed by atoms with Crippen LogP contribution in [0.5, 0.6) is 0 Å². The van der Waals surface area contributed by atoms with Crippen molar-refractivity contribution < 1.29 is 13.2 Å². The summed E-state index contributed by atoms with van der Waals surface area (Å²) in [6.45, 7) is 9.76. The van der Waals surface area contributed by atoms with E-state index in [-0.39, 0.29) is 29.2 Å². The number of nitrogens with one attached hydrogen (secondary N) is 2. The first-order valence-electron chi connectivity index (χ1n) is 9.10. The molecule has 0 bridgehead atoms. The topological polar surface area (TPSA) is 75.3 Å². The minimum atomic E-state index is -3.73. The van der Waals surface area contributed by atoms with E-state index in [2.05, 4.69) is 37.7 Å². The average Bonchev–Trinajstić information content (AvgIpc) is 2.60. The van der Waals surface area contributed by atoms with E-state index in [9.17, 15) is 13.2 Å². The molecule has 0 fully saturated rings. The molecule has 146 valence electrons. The lowest BCUT2D eigenvalue weighted by Gasteiger charge is -2.20. The predicted octanol–water partition coefficient (Wildman–Crippen LogP) is 4.16. The van der Waals surface area contributed by atoms with Crippen LogP contribution in [0.2, 0.25) is 0 Å². The van der Waals surface area contributed by atoms with Crippen molar-refractivity contribution in [1.82, 2.24) is 4.72 Å². The van der Waals surface area contributed by atoms with Gasteiger partial charge in [0.1, 0.15) is 0 Å². The average molecular weight is 389 g/mol. The maximum atomic E-state index is 12.5. The lowest BCUT2D eigenvalue weighted by molar-refractivity contribution is -0.115. The van der Waals surface area contributed by atoms with Crippen molar-refractivity contribution in [3.05, 3.63) is 59.2 Å². The monoisotopic (exact) mass is 388 g/mol. The Kier molecular flexibility index (Phi) is 6.78. The first kappa shape index (κ1) is 21.1. The number of carbonyl (C=O) groups excluding carboxylic acids is 1. The largest absolute Gasteiger partial charge is 0.324 e. The molecule has 0 unspecified atom stereocenters. The minimum absolute atomic E-state index is 0.153. The van der Waals surface area contributed by atoms with Crippen LogP contribution in [0.1, 0.15) is 56.2 Å². The van der Waals surface area contributed by atoms with E-state index in [1.165, 1.54) is 6.07 Å². The number of sulfonamides is 1. The van der Waals surface area contributed by atoms with Gasteiger partial charge < -0.3 is 5.32 Å². The fourth-order valence-corrected chi connectivity index (χ4v) is 3.99. The Bertz CT molecular complexity index is 893. The lowest BCUT2D eigenvalue weighted by Crippen LogP contribution is -2.33. The first-order valence-corrected chi connectivity index (χ1v) is 10.6. The third-order valence-electron chi connectivity index (χ3n) is 4.36. The lowest BCUT2D eigenvalue weighted by atomic mass is 9.92. The van der Waals surface area contributed by atoms with Gasteiger partial charge in [-0.05, 0) is 47.6 Å². The smallest absolute Gasteiger partial charge is 0.241 e. The molecule has 0 spiro atoms. The van der Waals surface area contributed by atoms with Gasteiger partial charge in [-0.1, -0.05) is 58.0 Å². The number of anilines is 1. The quantitative estimate of drug-likeness (QED) is 0.748. The van der Waals surface area contributed by atoms with Crippen LogP contribution in [0, 0.1) is 6.92 Å². The van der Waals surface area contributed by atoms with E-state index in [1.807, 2.05) is 31.2 Å². The van der Waals surface area contributed by atoms with Crippen LogP contribution in [-0.4, -0.2) is 20.9 Å². The Morgan fingerprint density at radius 2 is 1.52 bits per heavy atom. The number of carbonyl (C=O) groups is 1. The van der Waals surface area contributed by atoms with Crippen LogP contribution in [-0.2, 0) is 14.8 Å². The summed E-state index contributed by atoms with van der Waals surface area (Å²) >= 11 is 0. The van der Waals surface area contributed by atoms with Gasteiger partial charge >= 0.3 is 0 Å². The maximum absolute atomic E-state index is 12.5. The van der Waals surface area contributed by atoms with Gasteiger partial charge in [0.15, 0.2) is 0 Å². The van der Waals surface area contributed by atoms with Crippen LogP contribution in [0.3, 0.4) is 0 Å². The normalized spacial score (nSPS) is 11.8. The molecule has 0 atom stereocenters. The van der Waals surface area contributed by atoms with Gasteiger partial charge in [-0.2, -0.15) is 0 Å². The molecule has 6 heteroatoms. The van der Waals surface area contributed by atoms with E-state index in [1.54, 1.807) is 12.1 Å². The van der Waals surface area contributed by atoms with Gasteiger partial charge in [0.05, 0.1) is 11.4 Å². The number of benzene rings is 2. The van der Waals surface area contributed by atoms with Crippen molar-refractivity contribution in [2.24, 2.45) is 0 Å². The Hall–Kier alpha value is -2.18. The summed E-state index contributed by atoms with van der Waals surface area (Å²) in [5.41, 5.74) is 3.70. The van der Waals surface area contributed by atoms with Crippen molar-refractivity contribution in [3.8, 4) is 0 Å². The molecule has 2 rings (SSSR count). The number of aryl methyl sites for hydroxylation is 1. The van der Waals surface area contributed by atoms with Crippen molar-refractivity contribution in [3.63, 3.8) is 0 Å². The number of hydrogen-bond donors (Lipinski definition) is 2. The predicted molar refractivity (Wildman–Crippen MR) is 110 cm³/mol. The van der Waals surface area contributed by atoms with Gasteiger partial charge in [-0.15, -0.1) is 0 Å². The molecule has 0 aromatic heterocycles. The van der Waals surface area contributed by atoms with Crippen LogP contribution in [0.15, 0.2) is 47.4 Å². The van der Waals surface area contributed by atoms with Crippen molar-refractivity contribution >= 4 is 21.6 Å². The summed E-state index contributed by atoms with van der Waals surface area (Å²) in [6.07, 6.45) is 0. The summed E-state index contributed by atoms with van der Waals surface area (Å²) in [6, 6.07) is 12.6. The zero-order valence-electron chi connectivity index (χ0n) is 16.5. The molecule has 2 aromatic carbocycles. The molecule has 2 N–H and O–H groups in total. The highest BCUT2D eigenvalue weighted by Crippen LogP contribution is 2.32. The second-order valence-corrected chi connectivity index (χ2v) is 9.08. The zero-order valence-corrected chi connectivity index (χ0v) is 17.4. The van der Waals surface area contributed by atoms with Crippen molar-refractivity contribution in [2.45, 2.75) is 51.3 Å². The van der Waals surface area contributed by atoms with E-state index < -0.39 is 10.0 Å². The first-order chi connectivity index (χ1) is 12.6. The summed E-state index contributed by atoms with van der Waals surface area (Å²) in [4.78, 5) is 12.6. The zero-order chi connectivity index (χ0) is 20.2. The molecule has 0 aliphatic carbocycles. The fraction of sp³-hybridized carbons (Fsp3) is 0.381. The highest BCUT2D eigenvalue weighted by Gasteiger charge is 2.19. The third-order valence-corrected chi connectivity index (χ3v) is 5.76. The highest BCUT2D eigenvalue weighted by atomic mass is 32.2. The number of hydrogen-bond acceptors (Lipinski definition) is 3. The highest BCUT2D eigenvalue weighted by molar-refractivity contribution is 7.89. The Morgan fingerprint density at radius 1 is 0.963 bits per heavy atom. The van der Waals surface area contributed by atoms with Crippen LogP contribution >= 0.6 is 0 Å². The number of amides is 1. The van der Waals surface area contributed by atoms with Crippen LogP contribution < -0.4 is 10.0 Å². The van der Waals surface area contributed by atoms with Gasteiger partial charge in [-0.3, -0.25) is 4.79 Å². The molecule has 2 aromatic rings. The maximum Gasteiger partial charge on any atom is 0.241 e. The molecular formula is C21H28N2O3S. The number of para-hydroxylation sites is 1. The Balaban J connectivity index is 2.17. The summed E-state index contributed by atoms with van der Waals surface area (Å²) < 4.78 is 27.2. The Labute approximate surface area is 162 Å². The van der Waals surface area contributed by atoms with Crippen molar-refractivity contribution in [1.29, 1.82) is 0 Å². The second kappa shape index (κ2) is 8.67. The summed E-state index contributed by atoms with van der Waals surface area (Å²) in [7, 11) is -3.73. The molecule has 0 heterocycles. The van der Waals surface area contributed by atoms with E-state index in [4.69, 9.17) is 0 Å². The van der Waals surface area contributed by atoms with Crippen LogP contribution in [0.25, 0.3) is 0 Å². The van der Waals surface area contributed by atoms with E-state index in [0.29, 0.717) is 0 Å². The van der Waals surface area contributed by atoms with Gasteiger partial charge in [0, 0.05) is 5.69 Å². The molecular weight excluding hydrogens is 360 g/mol. The number of rotatable bonds is 7. The van der Waals surface area contributed by atoms with Crippen LogP contribution in [0.4, 0.5) is 5.69 Å². The Morgan fingerprint density at radius 3 is 2.04 bits per heavy atom. The molecule has 1 amide bonds. The SMILES string of the molecule is Cc1cccc(S(=O)(=O)NCC(=O)Nc2c(C(C)C)cccc2C(C)C)c1. The third kappa shape index (κ3) is 5.40. The molecule has 0 saturated heterocycles. The van der Waals surface area contributed by atoms with Gasteiger partial charge in [0.25, 0.3) is 0 Å². The standard InChI is InChI=1S/C21H28N2O3S/c1-14(2)18-10-7-11-19(15(3)4)21(18)23-20(24)13-22-27(25,26)17-9-6-8-16(5)12-17/h6-12,14-15,22H,13H2,1-5H3,(H,23,24). The molecule has 27 heavy (non-hydrogen) atoms. The second-order valence-electron chi connectivity index (χ2n) is 7.31. The molecule has 0 radical (unpaired) electrons. The van der Waals surface area contributed by atoms with Gasteiger partial charge in [-0.25, -0.2) is 13.1 Å². The van der Waals surface area contributed by atoms with Gasteiger partial charge in [0.2, 0.25) is 15.9 Å². The summed E-state index contributed by atoms with van der Waals surface area (Å²) in [5.74, 6) is 0.0900. The molecule has 5 nitrogen and oxygen atoms in total. The fourth-order valence-electron chi connectivity index (χ4n) is 2.91. The molecule has 0 saturated carbocycles. The van der Waals surface area contributed by atoms with Crippen molar-refractivity contribution in [2.75, 3.05) is 11.9 Å². The van der Waals surface area contributed by atoms with E-state index >= 15 is 0 Å². The van der Waals surface area contributed by atoms with E-state index in [0.717, 1.165) is 22.4 Å². The summed E-state index contributed by atoms with van der Waals surface area (Å²) in [5, 5.41) is 2.91. The molecule has 0 aliphatic heterocycles. The minimum Gasteiger partial charge on any atom is -0.324 e.